The number of nitrogens with one attached hydrogen (secondary N) is 2. The Labute approximate surface area is 118 Å². The van der Waals surface area contributed by atoms with Crippen LogP contribution < -0.4 is 16.4 Å². The van der Waals surface area contributed by atoms with Crippen molar-refractivity contribution in [1.82, 2.24) is 15.3 Å². The first-order valence-corrected chi connectivity index (χ1v) is 6.32. The van der Waals surface area contributed by atoms with Crippen LogP contribution in [0, 0.1) is 0 Å². The molecule has 0 atom stereocenters. The van der Waals surface area contributed by atoms with Gasteiger partial charge >= 0.3 is 0 Å². The van der Waals surface area contributed by atoms with Gasteiger partial charge in [0.1, 0.15) is 0 Å². The summed E-state index contributed by atoms with van der Waals surface area (Å²) in [6, 6.07) is 8.21. The third-order valence-corrected chi connectivity index (χ3v) is 3.28. The molecule has 2 aromatic rings. The zero-order valence-electron chi connectivity index (χ0n) is 10.6. The van der Waals surface area contributed by atoms with Gasteiger partial charge in [-0.2, -0.15) is 0 Å². The number of anilines is 2. The average Bonchev–Trinajstić information content (AvgIpc) is 2.41. The molecule has 3 rings (SSSR count). The molecule has 2 heterocycles. The first-order chi connectivity index (χ1) is 8.83. The lowest BCUT2D eigenvalue weighted by Gasteiger charge is -2.24. The van der Waals surface area contributed by atoms with Crippen molar-refractivity contribution in [2.24, 2.45) is 0 Å². The van der Waals surface area contributed by atoms with Crippen molar-refractivity contribution in [1.29, 1.82) is 0 Å². The number of piperidine rings is 1. The molecule has 0 saturated carbocycles. The molecule has 0 unspecified atom stereocenters. The van der Waals surface area contributed by atoms with Gasteiger partial charge in [0.2, 0.25) is 0 Å². The van der Waals surface area contributed by atoms with Crippen molar-refractivity contribution in [3.63, 3.8) is 0 Å². The molecule has 1 fully saturated rings. The molecule has 4 N–H and O–H groups in total. The largest absolute Gasteiger partial charge is 0.381 e. The maximum atomic E-state index is 5.95. The number of benzene rings is 1. The predicted molar refractivity (Wildman–Crippen MR) is 80.7 cm³/mol. The van der Waals surface area contributed by atoms with E-state index >= 15 is 0 Å². The van der Waals surface area contributed by atoms with E-state index in [-0.39, 0.29) is 12.4 Å². The number of rotatable bonds is 2. The van der Waals surface area contributed by atoms with E-state index in [1.165, 1.54) is 0 Å². The molecule has 0 aliphatic carbocycles. The fraction of sp³-hybridized carbons (Fsp3) is 0.385. The Balaban J connectivity index is 0.00000133. The van der Waals surface area contributed by atoms with E-state index in [1.54, 1.807) is 0 Å². The molecule has 19 heavy (non-hydrogen) atoms. The number of hydrogen-bond donors (Lipinski definition) is 3. The Morgan fingerprint density at radius 2 is 1.74 bits per heavy atom. The number of para-hydroxylation sites is 2. The first-order valence-electron chi connectivity index (χ1n) is 6.32. The van der Waals surface area contributed by atoms with Crippen molar-refractivity contribution in [3.8, 4) is 0 Å². The lowest BCUT2D eigenvalue weighted by Crippen LogP contribution is -2.35. The molecule has 0 radical (unpaired) electrons. The summed E-state index contributed by atoms with van der Waals surface area (Å²) in [6.45, 7) is 2.08. The summed E-state index contributed by atoms with van der Waals surface area (Å²) in [6.07, 6.45) is 2.18. The molecule has 1 aliphatic heterocycles. The molecule has 6 heteroatoms. The summed E-state index contributed by atoms with van der Waals surface area (Å²) in [5.41, 5.74) is 7.67. The van der Waals surface area contributed by atoms with Gasteiger partial charge in [-0.3, -0.25) is 0 Å². The van der Waals surface area contributed by atoms with E-state index < -0.39 is 0 Å². The average molecular weight is 280 g/mol. The molecule has 1 saturated heterocycles. The van der Waals surface area contributed by atoms with Crippen LogP contribution in [0.25, 0.3) is 11.0 Å². The molecule has 0 spiro atoms. The fourth-order valence-electron chi connectivity index (χ4n) is 2.28. The summed E-state index contributed by atoms with van der Waals surface area (Å²) in [5, 5.41) is 6.74. The summed E-state index contributed by atoms with van der Waals surface area (Å²) < 4.78 is 0. The van der Waals surface area contributed by atoms with Gasteiger partial charge in [-0.1, -0.05) is 12.1 Å². The SMILES string of the molecule is Cl.Nc1nc2ccccc2nc1NC1CCNCC1. The van der Waals surface area contributed by atoms with Gasteiger partial charge in [0.25, 0.3) is 0 Å². The Hall–Kier alpha value is -1.59. The topological polar surface area (TPSA) is 75.9 Å². The van der Waals surface area contributed by atoms with E-state index in [9.17, 15) is 0 Å². The third-order valence-electron chi connectivity index (χ3n) is 3.28. The second-order valence-electron chi connectivity index (χ2n) is 4.61. The molecule has 1 aromatic carbocycles. The van der Waals surface area contributed by atoms with Crippen LogP contribution in [0.4, 0.5) is 11.6 Å². The van der Waals surface area contributed by atoms with E-state index in [4.69, 9.17) is 5.73 Å². The summed E-state index contributed by atoms with van der Waals surface area (Å²) >= 11 is 0. The zero-order chi connectivity index (χ0) is 12.4. The number of fused-ring (bicyclic) bond motifs is 1. The third kappa shape index (κ3) is 3.05. The highest BCUT2D eigenvalue weighted by Crippen LogP contribution is 2.20. The quantitative estimate of drug-likeness (QED) is 0.781. The van der Waals surface area contributed by atoms with Gasteiger partial charge in [0, 0.05) is 6.04 Å². The Kier molecular flexibility index (Phi) is 4.39. The molecular formula is C13H18ClN5. The van der Waals surface area contributed by atoms with Crippen LogP contribution in [0.2, 0.25) is 0 Å². The number of halogens is 1. The zero-order valence-corrected chi connectivity index (χ0v) is 11.4. The highest BCUT2D eigenvalue weighted by molar-refractivity contribution is 5.85. The van der Waals surface area contributed by atoms with Gasteiger partial charge in [0.15, 0.2) is 11.6 Å². The highest BCUT2D eigenvalue weighted by atomic mass is 35.5. The first kappa shape index (κ1) is 13.8. The van der Waals surface area contributed by atoms with E-state index in [1.807, 2.05) is 24.3 Å². The van der Waals surface area contributed by atoms with Crippen LogP contribution in [0.3, 0.4) is 0 Å². The summed E-state index contributed by atoms with van der Waals surface area (Å²) in [4.78, 5) is 8.93. The van der Waals surface area contributed by atoms with Gasteiger partial charge in [-0.15, -0.1) is 12.4 Å². The monoisotopic (exact) mass is 279 g/mol. The van der Waals surface area contributed by atoms with Gasteiger partial charge in [-0.25, -0.2) is 9.97 Å². The minimum absolute atomic E-state index is 0. The predicted octanol–water partition coefficient (Wildman–Crippen LogP) is 1.80. The minimum atomic E-state index is 0. The maximum absolute atomic E-state index is 5.95. The van der Waals surface area contributed by atoms with Crippen molar-refractivity contribution in [3.05, 3.63) is 24.3 Å². The lowest BCUT2D eigenvalue weighted by molar-refractivity contribution is 0.478. The van der Waals surface area contributed by atoms with Crippen molar-refractivity contribution in [2.75, 3.05) is 24.1 Å². The van der Waals surface area contributed by atoms with Gasteiger partial charge < -0.3 is 16.4 Å². The Morgan fingerprint density at radius 3 is 2.42 bits per heavy atom. The normalized spacial score (nSPS) is 16.0. The summed E-state index contributed by atoms with van der Waals surface area (Å²) in [7, 11) is 0. The smallest absolute Gasteiger partial charge is 0.169 e. The van der Waals surface area contributed by atoms with Crippen LogP contribution in [0.1, 0.15) is 12.8 Å². The Morgan fingerprint density at radius 1 is 1.11 bits per heavy atom. The van der Waals surface area contributed by atoms with Crippen molar-refractivity contribution >= 4 is 35.1 Å². The molecule has 5 nitrogen and oxygen atoms in total. The highest BCUT2D eigenvalue weighted by Gasteiger charge is 2.15. The van der Waals surface area contributed by atoms with Gasteiger partial charge in [0.05, 0.1) is 11.0 Å². The number of hydrogen-bond acceptors (Lipinski definition) is 5. The summed E-state index contributed by atoms with van der Waals surface area (Å²) in [5.74, 6) is 1.19. The number of nitrogens with two attached hydrogens (primary N) is 1. The minimum Gasteiger partial charge on any atom is -0.381 e. The van der Waals surface area contributed by atoms with Crippen LogP contribution in [0.5, 0.6) is 0 Å². The van der Waals surface area contributed by atoms with Gasteiger partial charge in [-0.05, 0) is 38.1 Å². The van der Waals surface area contributed by atoms with Crippen LogP contribution in [-0.4, -0.2) is 29.1 Å². The molecule has 0 amide bonds. The molecule has 1 aromatic heterocycles. The Bertz CT molecular complexity index is 554. The molecule has 102 valence electrons. The standard InChI is InChI=1S/C13H17N5.ClH/c14-12-13(16-9-5-7-15-8-6-9)18-11-4-2-1-3-10(11)17-12;/h1-4,9,15H,5-8H2,(H2,14,17)(H,16,18);1H. The fourth-order valence-corrected chi connectivity index (χ4v) is 2.28. The number of nitrogens with zero attached hydrogens (tertiary/aromatic N) is 2. The van der Waals surface area contributed by atoms with E-state index in [2.05, 4.69) is 20.6 Å². The maximum Gasteiger partial charge on any atom is 0.169 e. The number of nitrogen functional groups attached to an aromatic ring is 1. The van der Waals surface area contributed by atoms with Crippen LogP contribution in [0.15, 0.2) is 24.3 Å². The molecular weight excluding hydrogens is 262 g/mol. The van der Waals surface area contributed by atoms with E-state index in [0.717, 1.165) is 37.0 Å². The van der Waals surface area contributed by atoms with Crippen molar-refractivity contribution in [2.45, 2.75) is 18.9 Å². The van der Waals surface area contributed by atoms with Crippen LogP contribution in [-0.2, 0) is 0 Å². The molecule has 0 bridgehead atoms. The second-order valence-corrected chi connectivity index (χ2v) is 4.61. The van der Waals surface area contributed by atoms with E-state index in [0.29, 0.717) is 17.7 Å². The van der Waals surface area contributed by atoms with Crippen LogP contribution >= 0.6 is 12.4 Å². The number of aromatic nitrogens is 2. The lowest BCUT2D eigenvalue weighted by atomic mass is 10.1. The van der Waals surface area contributed by atoms with Crippen molar-refractivity contribution < 1.29 is 0 Å². The molecule has 1 aliphatic rings. The second kappa shape index (κ2) is 6.04.